The van der Waals surface area contributed by atoms with E-state index < -0.39 is 0 Å². The van der Waals surface area contributed by atoms with Crippen molar-refractivity contribution in [2.75, 3.05) is 7.11 Å². The summed E-state index contributed by atoms with van der Waals surface area (Å²) in [7, 11) is 1.63. The molecule has 0 unspecified atom stereocenters. The molecule has 0 bridgehead atoms. The Bertz CT molecular complexity index is 509. The van der Waals surface area contributed by atoms with Gasteiger partial charge in [-0.05, 0) is 23.8 Å². The van der Waals surface area contributed by atoms with Crippen molar-refractivity contribution in [2.24, 2.45) is 0 Å². The summed E-state index contributed by atoms with van der Waals surface area (Å²) >= 11 is 0. The molecule has 1 aromatic heterocycles. The normalized spacial score (nSPS) is 9.94. The summed E-state index contributed by atoms with van der Waals surface area (Å²) in [6, 6.07) is 9.27. The average Bonchev–Trinajstić information content (AvgIpc) is 2.40. The maximum atomic E-state index is 10.6. The number of aromatic nitrogens is 2. The predicted octanol–water partition coefficient (Wildman–Crippen LogP) is 1.89. The maximum Gasteiger partial charge on any atom is 0.168 e. The summed E-state index contributed by atoms with van der Waals surface area (Å²) in [5, 5.41) is 0. The van der Waals surface area contributed by atoms with Gasteiger partial charge in [0.25, 0.3) is 0 Å². The molecule has 0 aliphatic heterocycles. The highest BCUT2D eigenvalue weighted by Crippen LogP contribution is 2.13. The lowest BCUT2D eigenvalue weighted by atomic mass is 10.1. The highest BCUT2D eigenvalue weighted by molar-refractivity contribution is 5.71. The summed E-state index contributed by atoms with van der Waals surface area (Å²) in [6.45, 7) is 0. The van der Waals surface area contributed by atoms with Crippen molar-refractivity contribution in [3.05, 3.63) is 53.6 Å². The molecule has 0 aliphatic carbocycles. The largest absolute Gasteiger partial charge is 0.497 e. The number of ether oxygens (including phenoxy) is 1. The van der Waals surface area contributed by atoms with Gasteiger partial charge in [-0.25, -0.2) is 9.97 Å². The fourth-order valence-electron chi connectivity index (χ4n) is 1.49. The van der Waals surface area contributed by atoms with Gasteiger partial charge in [0.1, 0.15) is 17.3 Å². The highest BCUT2D eigenvalue weighted by atomic mass is 16.5. The summed E-state index contributed by atoms with van der Waals surface area (Å²) < 4.78 is 5.08. The molecule has 2 aromatic rings. The van der Waals surface area contributed by atoms with Crippen LogP contribution in [0, 0.1) is 0 Å². The highest BCUT2D eigenvalue weighted by Gasteiger charge is 2.01. The number of aldehydes is 1. The molecule has 0 amide bonds. The van der Waals surface area contributed by atoms with E-state index >= 15 is 0 Å². The zero-order valence-electron chi connectivity index (χ0n) is 9.46. The quantitative estimate of drug-likeness (QED) is 0.750. The second-order valence-electron chi connectivity index (χ2n) is 3.54. The average molecular weight is 228 g/mol. The standard InChI is InChI=1S/C13H12N2O2/c1-17-12-4-2-10(3-5-12)8-13-14-7-6-11(9-16)15-13/h2-7,9H,8H2,1H3. The maximum absolute atomic E-state index is 10.6. The fraction of sp³-hybridized carbons (Fsp3) is 0.154. The molecule has 17 heavy (non-hydrogen) atoms. The zero-order valence-corrected chi connectivity index (χ0v) is 9.46. The number of benzene rings is 1. The molecule has 0 N–H and O–H groups in total. The minimum atomic E-state index is 0.406. The van der Waals surface area contributed by atoms with E-state index in [1.165, 1.54) is 0 Å². The van der Waals surface area contributed by atoms with E-state index in [1.807, 2.05) is 24.3 Å². The van der Waals surface area contributed by atoms with E-state index in [0.29, 0.717) is 17.9 Å². The molecule has 86 valence electrons. The van der Waals surface area contributed by atoms with E-state index in [2.05, 4.69) is 9.97 Å². The topological polar surface area (TPSA) is 52.1 Å². The molecule has 1 aromatic carbocycles. The first kappa shape index (κ1) is 11.3. The summed E-state index contributed by atoms with van der Waals surface area (Å²) in [5.41, 5.74) is 1.48. The molecular formula is C13H12N2O2. The van der Waals surface area contributed by atoms with Crippen LogP contribution in [0.2, 0.25) is 0 Å². The molecule has 0 saturated heterocycles. The van der Waals surface area contributed by atoms with Gasteiger partial charge in [0, 0.05) is 12.6 Å². The summed E-state index contributed by atoms with van der Waals surface area (Å²) in [6.07, 6.45) is 2.92. The minimum absolute atomic E-state index is 0.406. The molecule has 0 saturated carbocycles. The van der Waals surface area contributed by atoms with E-state index in [1.54, 1.807) is 19.4 Å². The second kappa shape index (κ2) is 5.21. The molecule has 0 fully saturated rings. The van der Waals surface area contributed by atoms with Crippen LogP contribution < -0.4 is 4.74 Å². The Morgan fingerprint density at radius 1 is 1.24 bits per heavy atom. The van der Waals surface area contributed by atoms with Gasteiger partial charge in [0.15, 0.2) is 6.29 Å². The van der Waals surface area contributed by atoms with E-state index in [-0.39, 0.29) is 0 Å². The molecule has 0 atom stereocenters. The van der Waals surface area contributed by atoms with Crippen LogP contribution in [-0.2, 0) is 6.42 Å². The predicted molar refractivity (Wildman–Crippen MR) is 63.2 cm³/mol. The van der Waals surface area contributed by atoms with Crippen LogP contribution in [0.15, 0.2) is 36.5 Å². The number of carbonyl (C=O) groups excluding carboxylic acids is 1. The van der Waals surface area contributed by atoms with Crippen LogP contribution in [-0.4, -0.2) is 23.4 Å². The smallest absolute Gasteiger partial charge is 0.168 e. The Balaban J connectivity index is 2.16. The van der Waals surface area contributed by atoms with Gasteiger partial charge in [-0.2, -0.15) is 0 Å². The molecule has 0 radical (unpaired) electrons. The SMILES string of the molecule is COc1ccc(Cc2nccc(C=O)n2)cc1. The molecule has 0 spiro atoms. The third-order valence-corrected chi connectivity index (χ3v) is 2.37. The van der Waals surface area contributed by atoms with E-state index in [4.69, 9.17) is 4.74 Å². The lowest BCUT2D eigenvalue weighted by Crippen LogP contribution is -1.99. The number of rotatable bonds is 4. The number of methoxy groups -OCH3 is 1. The Kier molecular flexibility index (Phi) is 3.45. The summed E-state index contributed by atoms with van der Waals surface area (Å²) in [5.74, 6) is 1.45. The molecule has 2 rings (SSSR count). The van der Waals surface area contributed by atoms with Crippen LogP contribution in [0.3, 0.4) is 0 Å². The van der Waals surface area contributed by atoms with Crippen molar-refractivity contribution in [2.45, 2.75) is 6.42 Å². The van der Waals surface area contributed by atoms with Crippen LogP contribution in [0.5, 0.6) is 5.75 Å². The second-order valence-corrected chi connectivity index (χ2v) is 3.54. The molecule has 0 aliphatic rings. The third-order valence-electron chi connectivity index (χ3n) is 2.37. The van der Waals surface area contributed by atoms with E-state index in [9.17, 15) is 4.79 Å². The molecule has 4 heteroatoms. The lowest BCUT2D eigenvalue weighted by Gasteiger charge is -2.03. The van der Waals surface area contributed by atoms with Gasteiger partial charge in [-0.3, -0.25) is 4.79 Å². The fourth-order valence-corrected chi connectivity index (χ4v) is 1.49. The van der Waals surface area contributed by atoms with Crippen molar-refractivity contribution >= 4 is 6.29 Å². The Morgan fingerprint density at radius 2 is 2.00 bits per heavy atom. The first-order valence-electron chi connectivity index (χ1n) is 5.22. The Morgan fingerprint density at radius 3 is 2.65 bits per heavy atom. The first-order chi connectivity index (χ1) is 8.31. The van der Waals surface area contributed by atoms with Gasteiger partial charge in [-0.1, -0.05) is 12.1 Å². The van der Waals surface area contributed by atoms with Crippen molar-refractivity contribution < 1.29 is 9.53 Å². The van der Waals surface area contributed by atoms with E-state index in [0.717, 1.165) is 17.6 Å². The number of hydrogen-bond acceptors (Lipinski definition) is 4. The van der Waals surface area contributed by atoms with Crippen molar-refractivity contribution in [1.82, 2.24) is 9.97 Å². The number of carbonyl (C=O) groups is 1. The van der Waals surface area contributed by atoms with Crippen LogP contribution >= 0.6 is 0 Å². The van der Waals surface area contributed by atoms with Crippen LogP contribution in [0.1, 0.15) is 21.9 Å². The Labute approximate surface area is 99.3 Å². The molecule has 4 nitrogen and oxygen atoms in total. The molecular weight excluding hydrogens is 216 g/mol. The van der Waals surface area contributed by atoms with Gasteiger partial charge in [0.05, 0.1) is 7.11 Å². The van der Waals surface area contributed by atoms with Crippen LogP contribution in [0.25, 0.3) is 0 Å². The van der Waals surface area contributed by atoms with Crippen molar-refractivity contribution in [3.8, 4) is 5.75 Å². The van der Waals surface area contributed by atoms with Gasteiger partial charge < -0.3 is 4.74 Å². The van der Waals surface area contributed by atoms with Gasteiger partial charge in [-0.15, -0.1) is 0 Å². The Hall–Kier alpha value is -2.23. The lowest BCUT2D eigenvalue weighted by molar-refractivity contribution is 0.111. The first-order valence-corrected chi connectivity index (χ1v) is 5.22. The minimum Gasteiger partial charge on any atom is -0.497 e. The zero-order chi connectivity index (χ0) is 12.1. The third kappa shape index (κ3) is 2.87. The molecule has 1 heterocycles. The van der Waals surface area contributed by atoms with Crippen molar-refractivity contribution in [1.29, 1.82) is 0 Å². The van der Waals surface area contributed by atoms with Gasteiger partial charge in [0.2, 0.25) is 0 Å². The van der Waals surface area contributed by atoms with Crippen LogP contribution in [0.4, 0.5) is 0 Å². The van der Waals surface area contributed by atoms with Crippen molar-refractivity contribution in [3.63, 3.8) is 0 Å². The summed E-state index contributed by atoms with van der Waals surface area (Å²) in [4.78, 5) is 18.8. The number of nitrogens with zero attached hydrogens (tertiary/aromatic N) is 2. The van der Waals surface area contributed by atoms with Gasteiger partial charge >= 0.3 is 0 Å². The number of hydrogen-bond donors (Lipinski definition) is 0. The monoisotopic (exact) mass is 228 g/mol.